The van der Waals surface area contributed by atoms with Crippen molar-refractivity contribution >= 4 is 5.69 Å². The van der Waals surface area contributed by atoms with E-state index in [1.54, 1.807) is 0 Å². The van der Waals surface area contributed by atoms with Crippen molar-refractivity contribution in [3.05, 3.63) is 24.0 Å². The zero-order chi connectivity index (χ0) is 14.4. The van der Waals surface area contributed by atoms with Gasteiger partial charge in [-0.3, -0.25) is 4.98 Å². The average molecular weight is 275 g/mol. The maximum absolute atomic E-state index is 4.67. The van der Waals surface area contributed by atoms with Crippen LogP contribution in [-0.4, -0.2) is 24.1 Å². The molecule has 20 heavy (non-hydrogen) atoms. The topological polar surface area (TPSA) is 28.2 Å². The zero-order valence-corrected chi connectivity index (χ0v) is 13.2. The van der Waals surface area contributed by atoms with Crippen LogP contribution in [0.15, 0.2) is 18.3 Å². The number of anilines is 1. The Bertz CT molecular complexity index is 388. The second-order valence-corrected chi connectivity index (χ2v) is 6.01. The highest BCUT2D eigenvalue weighted by Gasteiger charge is 2.17. The quantitative estimate of drug-likeness (QED) is 0.883. The van der Waals surface area contributed by atoms with Gasteiger partial charge in [0.05, 0.1) is 17.6 Å². The van der Waals surface area contributed by atoms with Crippen LogP contribution in [0.25, 0.3) is 0 Å². The summed E-state index contributed by atoms with van der Waals surface area (Å²) in [6, 6.07) is 5.40. The molecule has 0 aromatic carbocycles. The molecule has 1 aliphatic rings. The summed E-state index contributed by atoms with van der Waals surface area (Å²) in [5, 5.41) is 3.49. The fraction of sp³-hybridized carbons (Fsp3) is 0.706. The van der Waals surface area contributed by atoms with Crippen molar-refractivity contribution in [1.82, 2.24) is 10.3 Å². The molecule has 1 aromatic heterocycles. The number of rotatable bonds is 5. The molecule has 0 saturated carbocycles. The summed E-state index contributed by atoms with van der Waals surface area (Å²) in [5.74, 6) is 0. The number of aromatic nitrogens is 1. The molecule has 3 nitrogen and oxygen atoms in total. The van der Waals surface area contributed by atoms with Gasteiger partial charge in [-0.15, -0.1) is 0 Å². The van der Waals surface area contributed by atoms with Crippen molar-refractivity contribution in [1.29, 1.82) is 0 Å². The van der Waals surface area contributed by atoms with Crippen LogP contribution in [0.2, 0.25) is 0 Å². The van der Waals surface area contributed by atoms with E-state index >= 15 is 0 Å². The van der Waals surface area contributed by atoms with Crippen LogP contribution >= 0.6 is 0 Å². The van der Waals surface area contributed by atoms with Gasteiger partial charge in [0, 0.05) is 18.6 Å². The molecule has 1 aromatic rings. The first-order valence-electron chi connectivity index (χ1n) is 8.18. The lowest BCUT2D eigenvalue weighted by molar-refractivity contribution is 0.558. The van der Waals surface area contributed by atoms with Gasteiger partial charge in [0.25, 0.3) is 0 Å². The van der Waals surface area contributed by atoms with Crippen LogP contribution in [0.5, 0.6) is 0 Å². The third kappa shape index (κ3) is 3.95. The second-order valence-electron chi connectivity index (χ2n) is 6.01. The molecule has 1 saturated heterocycles. The van der Waals surface area contributed by atoms with Crippen LogP contribution in [-0.2, 0) is 0 Å². The minimum Gasteiger partial charge on any atom is -0.368 e. The second kappa shape index (κ2) is 7.63. The number of pyridine rings is 1. The fourth-order valence-electron chi connectivity index (χ4n) is 2.95. The van der Waals surface area contributed by atoms with E-state index in [4.69, 9.17) is 0 Å². The standard InChI is InChI=1S/C17H29N3/c1-4-11-18-15(3)17-10-9-16(13-19-17)20-12-7-5-6-8-14(20)2/h9-10,13-15,18H,4-8,11-12H2,1-3H3. The number of nitrogens with one attached hydrogen (secondary N) is 1. The molecule has 112 valence electrons. The van der Waals surface area contributed by atoms with Gasteiger partial charge in [0.15, 0.2) is 0 Å². The molecule has 1 N–H and O–H groups in total. The van der Waals surface area contributed by atoms with Crippen molar-refractivity contribution in [2.24, 2.45) is 0 Å². The molecule has 0 radical (unpaired) electrons. The van der Waals surface area contributed by atoms with Gasteiger partial charge in [0.1, 0.15) is 0 Å². The summed E-state index contributed by atoms with van der Waals surface area (Å²) in [4.78, 5) is 7.19. The maximum Gasteiger partial charge on any atom is 0.0572 e. The molecular formula is C17H29N3. The first-order chi connectivity index (χ1) is 9.72. The molecule has 0 spiro atoms. The van der Waals surface area contributed by atoms with Gasteiger partial charge in [-0.1, -0.05) is 19.8 Å². The van der Waals surface area contributed by atoms with Crippen LogP contribution in [0.3, 0.4) is 0 Å². The van der Waals surface area contributed by atoms with Crippen molar-refractivity contribution in [3.63, 3.8) is 0 Å². The Morgan fingerprint density at radius 3 is 2.90 bits per heavy atom. The smallest absolute Gasteiger partial charge is 0.0572 e. The van der Waals surface area contributed by atoms with E-state index in [2.05, 4.69) is 54.3 Å². The third-order valence-corrected chi connectivity index (χ3v) is 4.30. The SMILES string of the molecule is CCCNC(C)c1ccc(N2CCCCCC2C)cn1. The molecule has 2 rings (SSSR count). The van der Waals surface area contributed by atoms with Crippen molar-refractivity contribution in [2.75, 3.05) is 18.0 Å². The highest BCUT2D eigenvalue weighted by Crippen LogP contribution is 2.24. The first-order valence-corrected chi connectivity index (χ1v) is 8.18. The van der Waals surface area contributed by atoms with Gasteiger partial charge < -0.3 is 10.2 Å². The Labute approximate surface area is 123 Å². The summed E-state index contributed by atoms with van der Waals surface area (Å²) in [7, 11) is 0. The Kier molecular flexibility index (Phi) is 5.84. The Morgan fingerprint density at radius 2 is 2.20 bits per heavy atom. The maximum atomic E-state index is 4.67. The molecule has 1 aliphatic heterocycles. The summed E-state index contributed by atoms with van der Waals surface area (Å²) in [6.07, 6.45) is 8.55. The lowest BCUT2D eigenvalue weighted by Gasteiger charge is -2.29. The molecule has 1 fully saturated rings. The highest BCUT2D eigenvalue weighted by molar-refractivity contribution is 5.46. The van der Waals surface area contributed by atoms with Gasteiger partial charge in [0.2, 0.25) is 0 Å². The predicted molar refractivity (Wildman–Crippen MR) is 86.2 cm³/mol. The number of hydrogen-bond donors (Lipinski definition) is 1. The van der Waals surface area contributed by atoms with Crippen molar-refractivity contribution in [3.8, 4) is 0 Å². The molecule has 0 bridgehead atoms. The van der Waals surface area contributed by atoms with Crippen molar-refractivity contribution < 1.29 is 0 Å². The Hall–Kier alpha value is -1.09. The molecule has 0 amide bonds. The highest BCUT2D eigenvalue weighted by atomic mass is 15.2. The van der Waals surface area contributed by atoms with E-state index in [1.165, 1.54) is 37.9 Å². The van der Waals surface area contributed by atoms with Crippen molar-refractivity contribution in [2.45, 2.75) is 65.0 Å². The molecule has 2 heterocycles. The average Bonchev–Trinajstić information content (AvgIpc) is 2.69. The van der Waals surface area contributed by atoms with Gasteiger partial charge in [-0.2, -0.15) is 0 Å². The molecule has 0 aliphatic carbocycles. The number of hydrogen-bond acceptors (Lipinski definition) is 3. The van der Waals surface area contributed by atoms with Gasteiger partial charge >= 0.3 is 0 Å². The molecule has 2 atom stereocenters. The minimum atomic E-state index is 0.338. The monoisotopic (exact) mass is 275 g/mol. The lowest BCUT2D eigenvalue weighted by Crippen LogP contribution is -2.32. The van der Waals surface area contributed by atoms with Crippen LogP contribution in [0.4, 0.5) is 5.69 Å². The van der Waals surface area contributed by atoms with E-state index in [9.17, 15) is 0 Å². The van der Waals surface area contributed by atoms with Gasteiger partial charge in [-0.05, 0) is 51.8 Å². The van der Waals surface area contributed by atoms with E-state index in [-0.39, 0.29) is 0 Å². The fourth-order valence-corrected chi connectivity index (χ4v) is 2.95. The van der Waals surface area contributed by atoms with Gasteiger partial charge in [-0.25, -0.2) is 0 Å². The van der Waals surface area contributed by atoms with Crippen LogP contribution < -0.4 is 10.2 Å². The van der Waals surface area contributed by atoms with Crippen LogP contribution in [0.1, 0.15) is 64.6 Å². The Morgan fingerprint density at radius 1 is 1.35 bits per heavy atom. The molecule has 2 unspecified atom stereocenters. The third-order valence-electron chi connectivity index (χ3n) is 4.30. The van der Waals surface area contributed by atoms with E-state index in [1.807, 2.05) is 0 Å². The summed E-state index contributed by atoms with van der Waals surface area (Å²) >= 11 is 0. The summed E-state index contributed by atoms with van der Waals surface area (Å²) in [5.41, 5.74) is 2.43. The molecule has 3 heteroatoms. The minimum absolute atomic E-state index is 0.338. The Balaban J connectivity index is 2.03. The van der Waals surface area contributed by atoms with E-state index < -0.39 is 0 Å². The lowest BCUT2D eigenvalue weighted by atomic mass is 10.1. The van der Waals surface area contributed by atoms with E-state index in [0.717, 1.165) is 18.7 Å². The number of nitrogens with zero attached hydrogens (tertiary/aromatic N) is 2. The van der Waals surface area contributed by atoms with E-state index in [0.29, 0.717) is 12.1 Å². The molecular weight excluding hydrogens is 246 g/mol. The largest absolute Gasteiger partial charge is 0.368 e. The van der Waals surface area contributed by atoms with Crippen LogP contribution in [0, 0.1) is 0 Å². The normalized spacial score (nSPS) is 21.6. The predicted octanol–water partition coefficient (Wildman–Crippen LogP) is 3.91. The first kappa shape index (κ1) is 15.3. The summed E-state index contributed by atoms with van der Waals surface area (Å²) in [6.45, 7) is 8.94. The zero-order valence-electron chi connectivity index (χ0n) is 13.2. The summed E-state index contributed by atoms with van der Waals surface area (Å²) < 4.78 is 0.